The molecule has 0 radical (unpaired) electrons. The lowest BCUT2D eigenvalue weighted by Gasteiger charge is -2.29. The Morgan fingerprint density at radius 2 is 1.00 bits per heavy atom. The van der Waals surface area contributed by atoms with Crippen LogP contribution in [0, 0.1) is 0 Å². The van der Waals surface area contributed by atoms with E-state index in [0.29, 0.717) is 0 Å². The highest BCUT2D eigenvalue weighted by molar-refractivity contribution is 5.99. The first kappa shape index (κ1) is 32.1. The molecule has 256 valence electrons. The highest BCUT2D eigenvalue weighted by Gasteiger charge is 2.30. The first-order valence-electron chi connectivity index (χ1n) is 18.3. The Kier molecular flexibility index (Phi) is 8.77. The van der Waals surface area contributed by atoms with Crippen molar-refractivity contribution in [2.75, 3.05) is 21.4 Å². The van der Waals surface area contributed by atoms with Gasteiger partial charge in [0.15, 0.2) is 0 Å². The zero-order valence-corrected chi connectivity index (χ0v) is 29.5. The molecule has 8 aromatic carbocycles. The van der Waals surface area contributed by atoms with E-state index in [1.807, 2.05) is 0 Å². The number of anilines is 6. The predicted octanol–water partition coefficient (Wildman–Crippen LogP) is 12.6. The van der Waals surface area contributed by atoms with Crippen LogP contribution in [0.1, 0.15) is 18.0 Å². The fourth-order valence-corrected chi connectivity index (χ4v) is 7.66. The maximum absolute atomic E-state index is 3.82. The second kappa shape index (κ2) is 14.5. The van der Waals surface area contributed by atoms with Crippen LogP contribution in [0.25, 0.3) is 21.5 Å². The van der Waals surface area contributed by atoms with E-state index >= 15 is 0 Å². The average Bonchev–Trinajstić information content (AvgIpc) is 3.67. The smallest absolute Gasteiger partial charge is 0.0808 e. The van der Waals surface area contributed by atoms with Gasteiger partial charge < -0.3 is 15.2 Å². The van der Waals surface area contributed by atoms with Crippen LogP contribution in [-0.2, 0) is 0 Å². The summed E-state index contributed by atoms with van der Waals surface area (Å²) >= 11 is 0. The largest absolute Gasteiger partial charge is 0.337 e. The Balaban J connectivity index is 1.06. The number of rotatable bonds is 9. The summed E-state index contributed by atoms with van der Waals surface area (Å²) in [7, 11) is 0. The topological polar surface area (TPSA) is 21.8 Å². The second-order valence-electron chi connectivity index (χ2n) is 13.5. The number of nitrogens with one attached hydrogen (secondary N) is 1. The van der Waals surface area contributed by atoms with Gasteiger partial charge in [-0.25, -0.2) is 0 Å². The fraction of sp³-hybridized carbons (Fsp3) is 0.0612. The van der Waals surface area contributed by atoms with E-state index in [-0.39, 0.29) is 6.04 Å². The summed E-state index contributed by atoms with van der Waals surface area (Å²) in [5.74, 6) is 0. The molecule has 1 saturated heterocycles. The number of hydrogen-bond acceptors (Lipinski definition) is 4. The van der Waals surface area contributed by atoms with Gasteiger partial charge in [-0.1, -0.05) is 140 Å². The summed E-state index contributed by atoms with van der Waals surface area (Å²) in [6, 6.07) is 71.7. The number of para-hydroxylation sites is 3. The Hall–Kier alpha value is -6.78. The molecular formula is C49H40N4. The molecule has 4 heteroatoms. The van der Waals surface area contributed by atoms with E-state index in [4.69, 9.17) is 0 Å². The van der Waals surface area contributed by atoms with E-state index in [1.165, 1.54) is 44.2 Å². The van der Waals surface area contributed by atoms with Crippen LogP contribution in [0.4, 0.5) is 34.1 Å². The molecule has 0 aromatic heterocycles. The van der Waals surface area contributed by atoms with Crippen LogP contribution in [0.5, 0.6) is 0 Å². The summed E-state index contributed by atoms with van der Waals surface area (Å²) in [5, 5.41) is 7.26. The van der Waals surface area contributed by atoms with E-state index in [1.54, 1.807) is 0 Å². The lowest BCUT2D eigenvalue weighted by Crippen LogP contribution is -2.32. The van der Waals surface area contributed by atoms with Crippen LogP contribution in [0.15, 0.2) is 212 Å². The first-order chi connectivity index (χ1) is 26.3. The van der Waals surface area contributed by atoms with E-state index in [2.05, 4.69) is 227 Å². The number of fused-ring (bicyclic) bond motifs is 2. The van der Waals surface area contributed by atoms with Crippen molar-refractivity contribution < 1.29 is 0 Å². The van der Waals surface area contributed by atoms with Gasteiger partial charge in [0, 0.05) is 52.2 Å². The molecule has 0 spiro atoms. The lowest BCUT2D eigenvalue weighted by atomic mass is 10.0. The molecule has 4 nitrogen and oxygen atoms in total. The molecule has 1 unspecified atom stereocenters. The Morgan fingerprint density at radius 1 is 0.491 bits per heavy atom. The van der Waals surface area contributed by atoms with Crippen molar-refractivity contribution in [3.8, 4) is 0 Å². The summed E-state index contributed by atoms with van der Waals surface area (Å²) in [6.45, 7) is 0.728. The summed E-state index contributed by atoms with van der Waals surface area (Å²) in [6.07, 6.45) is 3.22. The lowest BCUT2D eigenvalue weighted by molar-refractivity contribution is 0.685. The fourth-order valence-electron chi connectivity index (χ4n) is 7.66. The van der Waals surface area contributed by atoms with Gasteiger partial charge in [0.25, 0.3) is 0 Å². The highest BCUT2D eigenvalue weighted by Crippen LogP contribution is 2.41. The number of benzene rings is 8. The maximum Gasteiger partial charge on any atom is 0.0808 e. The van der Waals surface area contributed by atoms with Crippen molar-refractivity contribution >= 4 is 55.7 Å². The molecule has 0 saturated carbocycles. The van der Waals surface area contributed by atoms with Gasteiger partial charge in [-0.3, -0.25) is 5.01 Å². The number of hydrogen-bond donors (Lipinski definition) is 1. The molecule has 1 atom stereocenters. The van der Waals surface area contributed by atoms with Crippen molar-refractivity contribution in [3.05, 3.63) is 218 Å². The Bertz CT molecular complexity index is 2490. The van der Waals surface area contributed by atoms with E-state index < -0.39 is 0 Å². The van der Waals surface area contributed by atoms with Gasteiger partial charge in [-0.15, -0.1) is 0 Å². The van der Waals surface area contributed by atoms with E-state index in [0.717, 1.165) is 35.7 Å². The Labute approximate surface area is 311 Å². The number of nitrogens with zero attached hydrogens (tertiary/aromatic N) is 3. The zero-order chi connectivity index (χ0) is 35.4. The molecule has 0 aliphatic carbocycles. The minimum atomic E-state index is 0.114. The van der Waals surface area contributed by atoms with Crippen molar-refractivity contribution in [2.45, 2.75) is 12.5 Å². The monoisotopic (exact) mass is 684 g/mol. The standard InChI is InChI=1S/C49H40N4/c1-4-20-41(21-5-1)51(47-28-14-18-37-16-10-12-26-45(37)47)35-34-40-36-49(53(50-40)44-24-8-3-9-25-44)39-30-32-43(33-31-39)52(42-22-6-2-7-23-42)48-29-15-19-38-17-11-13-27-46(38)48/h1-34,49-50H,35-36H2. The highest BCUT2D eigenvalue weighted by atomic mass is 15.6. The second-order valence-corrected chi connectivity index (χ2v) is 13.5. The molecular weight excluding hydrogens is 645 g/mol. The van der Waals surface area contributed by atoms with Gasteiger partial charge in [-0.2, -0.15) is 0 Å². The molecule has 53 heavy (non-hydrogen) atoms. The first-order valence-corrected chi connectivity index (χ1v) is 18.3. The van der Waals surface area contributed by atoms with Crippen LogP contribution >= 0.6 is 0 Å². The van der Waals surface area contributed by atoms with Crippen LogP contribution < -0.4 is 20.2 Å². The van der Waals surface area contributed by atoms with Crippen molar-refractivity contribution in [1.82, 2.24) is 5.43 Å². The average molecular weight is 685 g/mol. The van der Waals surface area contributed by atoms with Crippen molar-refractivity contribution in [2.24, 2.45) is 0 Å². The third kappa shape index (κ3) is 6.47. The minimum absolute atomic E-state index is 0.114. The number of hydrazine groups is 1. The van der Waals surface area contributed by atoms with Crippen molar-refractivity contribution in [3.63, 3.8) is 0 Å². The van der Waals surface area contributed by atoms with Gasteiger partial charge in [0.2, 0.25) is 0 Å². The molecule has 1 aliphatic rings. The summed E-state index contributed by atoms with van der Waals surface area (Å²) in [5.41, 5.74) is 13.2. The third-order valence-electron chi connectivity index (χ3n) is 10.2. The molecule has 9 rings (SSSR count). The quantitative estimate of drug-likeness (QED) is 0.163. The van der Waals surface area contributed by atoms with E-state index in [9.17, 15) is 0 Å². The molecule has 0 bridgehead atoms. The van der Waals surface area contributed by atoms with Crippen molar-refractivity contribution in [1.29, 1.82) is 0 Å². The summed E-state index contributed by atoms with van der Waals surface area (Å²) < 4.78 is 0. The van der Waals surface area contributed by atoms with Crippen LogP contribution in [0.3, 0.4) is 0 Å². The van der Waals surface area contributed by atoms with Crippen LogP contribution in [0.2, 0.25) is 0 Å². The minimum Gasteiger partial charge on any atom is -0.337 e. The SMILES string of the molecule is C(CN(c1ccccc1)c1cccc2ccccc12)=C1CC(c2ccc(N(c3ccccc3)c3cccc4ccccc34)cc2)N(c2ccccc2)N1. The van der Waals surface area contributed by atoms with Gasteiger partial charge in [-0.05, 0) is 83.1 Å². The predicted molar refractivity (Wildman–Crippen MR) is 224 cm³/mol. The normalized spacial score (nSPS) is 14.8. The maximum atomic E-state index is 3.82. The molecule has 0 amide bonds. The molecule has 8 aromatic rings. The zero-order valence-electron chi connectivity index (χ0n) is 29.5. The van der Waals surface area contributed by atoms with Crippen LogP contribution in [-0.4, -0.2) is 6.54 Å². The molecule has 1 heterocycles. The van der Waals surface area contributed by atoms with Gasteiger partial charge in [0.05, 0.1) is 17.4 Å². The van der Waals surface area contributed by atoms with Gasteiger partial charge in [0.1, 0.15) is 0 Å². The molecule has 1 N–H and O–H groups in total. The third-order valence-corrected chi connectivity index (χ3v) is 10.2. The summed E-state index contributed by atoms with van der Waals surface area (Å²) in [4.78, 5) is 4.78. The molecule has 1 fully saturated rings. The Morgan fingerprint density at radius 3 is 1.66 bits per heavy atom. The molecule has 1 aliphatic heterocycles. The van der Waals surface area contributed by atoms with Gasteiger partial charge >= 0.3 is 0 Å².